The van der Waals surface area contributed by atoms with Crippen molar-refractivity contribution in [1.82, 2.24) is 10.6 Å². The van der Waals surface area contributed by atoms with Crippen LogP contribution in [0.25, 0.3) is 17.2 Å². The number of nitrogens with one attached hydrogen (secondary N) is 2. The Morgan fingerprint density at radius 1 is 0.838 bits per heavy atom. The number of carboxylic acid groups (broad SMARTS) is 1. The highest BCUT2D eigenvalue weighted by Gasteiger charge is 2.78. The normalized spacial score (nSPS) is 40.1. The zero-order chi connectivity index (χ0) is 54.9. The molecule has 14 unspecified atom stereocenters. The van der Waals surface area contributed by atoms with Crippen molar-refractivity contribution in [2.45, 2.75) is 187 Å². The van der Waals surface area contributed by atoms with Crippen molar-refractivity contribution < 1.29 is 24.9 Å². The van der Waals surface area contributed by atoms with Gasteiger partial charge in [-0.05, 0) is 201 Å². The van der Waals surface area contributed by atoms with E-state index in [4.69, 9.17) is 6.58 Å². The van der Waals surface area contributed by atoms with Crippen LogP contribution in [0.1, 0.15) is 180 Å². The van der Waals surface area contributed by atoms with Crippen molar-refractivity contribution in [2.24, 2.45) is 80.3 Å². The van der Waals surface area contributed by atoms with Crippen LogP contribution in [0, 0.1) is 80.3 Å². The molecule has 0 aromatic heterocycles. The van der Waals surface area contributed by atoms with Crippen LogP contribution < -0.4 is 21.1 Å². The van der Waals surface area contributed by atoms with E-state index in [9.17, 15) is 24.9 Å². The fourth-order valence-electron chi connectivity index (χ4n) is 22.4. The molecule has 0 amide bonds. The summed E-state index contributed by atoms with van der Waals surface area (Å²) >= 11 is 0. The minimum atomic E-state index is -0.731. The maximum atomic E-state index is 14.4. The molecule has 6 heterocycles. The molecular formula is C73H92N2O5. The third kappa shape index (κ3) is 7.89. The molecule has 7 nitrogen and oxygen atoms in total. The molecule has 15 bridgehead atoms. The first-order chi connectivity index (χ1) is 38.7. The molecule has 2 aromatic rings. The first kappa shape index (κ1) is 53.3. The van der Waals surface area contributed by atoms with Gasteiger partial charge in [-0.2, -0.15) is 0 Å². The molecule has 14 atom stereocenters. The monoisotopic (exact) mass is 1080 g/mol. The fraction of sp³-hybridized carbons (Fsp3) is 0.616. The number of hydrogen-bond acceptors (Lipinski definition) is 6. The van der Waals surface area contributed by atoms with Gasteiger partial charge >= 0.3 is 5.97 Å². The van der Waals surface area contributed by atoms with Crippen LogP contribution in [0.2, 0.25) is 0 Å². The van der Waals surface area contributed by atoms with Crippen LogP contribution in [0.15, 0.2) is 113 Å². The summed E-state index contributed by atoms with van der Waals surface area (Å²) in [5.41, 5.74) is 11.0. The summed E-state index contributed by atoms with van der Waals surface area (Å²) in [6.07, 6.45) is 34.4. The number of carbonyl (C=O) groups excluding carboxylic acids is 1. The topological polar surface area (TPSA) is 119 Å². The number of aliphatic hydroxyl groups is 2. The molecule has 3 spiro atoms. The maximum absolute atomic E-state index is 14.4. The van der Waals surface area contributed by atoms with Gasteiger partial charge in [0.15, 0.2) is 0 Å². The van der Waals surface area contributed by atoms with E-state index < -0.39 is 29.5 Å². The van der Waals surface area contributed by atoms with Crippen molar-refractivity contribution >= 4 is 29.0 Å². The molecule has 16 aliphatic rings. The Morgan fingerprint density at radius 2 is 1.66 bits per heavy atom. The first-order valence-corrected chi connectivity index (χ1v) is 32.4. The minimum Gasteiger partial charge on any atom is -0.481 e. The number of Topliss-reactive ketones (excluding diaryl/α,β-unsaturated/α-hetero) is 1. The Labute approximate surface area is 477 Å². The van der Waals surface area contributed by atoms with Gasteiger partial charge in [-0.1, -0.05) is 148 Å². The lowest BCUT2D eigenvalue weighted by atomic mass is 9.29. The smallest absolute Gasteiger partial charge is 0.306 e. The first-order valence-electron chi connectivity index (χ1n) is 32.4. The average Bonchev–Trinajstić information content (AvgIpc) is 3.67. The largest absolute Gasteiger partial charge is 0.481 e. The zero-order valence-electron chi connectivity index (χ0n) is 48.6. The molecule has 18 rings (SSSR count). The number of carboxylic acids is 1. The van der Waals surface area contributed by atoms with Crippen molar-refractivity contribution in [3.8, 4) is 0 Å². The molecule has 424 valence electrons. The van der Waals surface area contributed by atoms with Crippen molar-refractivity contribution in [1.29, 1.82) is 0 Å². The Morgan fingerprint density at radius 3 is 2.46 bits per heavy atom. The van der Waals surface area contributed by atoms with Crippen molar-refractivity contribution in [3.05, 3.63) is 135 Å². The number of rotatable bonds is 5. The summed E-state index contributed by atoms with van der Waals surface area (Å²) < 4.78 is 0. The highest BCUT2D eigenvalue weighted by atomic mass is 16.4. The van der Waals surface area contributed by atoms with Gasteiger partial charge in [0.1, 0.15) is 5.78 Å². The van der Waals surface area contributed by atoms with Crippen molar-refractivity contribution in [2.75, 3.05) is 13.1 Å². The molecule has 2 aromatic carbocycles. The Bertz CT molecular complexity index is 3180. The van der Waals surface area contributed by atoms with E-state index in [0.717, 1.165) is 115 Å². The van der Waals surface area contributed by atoms with Gasteiger partial charge in [0.2, 0.25) is 0 Å². The van der Waals surface area contributed by atoms with E-state index in [1.165, 1.54) is 76.0 Å². The van der Waals surface area contributed by atoms with Gasteiger partial charge in [-0.3, -0.25) is 9.59 Å². The molecule has 0 saturated heterocycles. The number of carbonyl (C=O) groups is 2. The number of aliphatic hydroxyl groups excluding tert-OH is 2. The summed E-state index contributed by atoms with van der Waals surface area (Å²) in [4.78, 5) is 27.1. The lowest BCUT2D eigenvalue weighted by Crippen LogP contribution is -2.69. The molecule has 5 saturated carbocycles. The average molecular weight is 1080 g/mol. The maximum Gasteiger partial charge on any atom is 0.306 e. The van der Waals surface area contributed by atoms with E-state index >= 15 is 0 Å². The highest BCUT2D eigenvalue weighted by molar-refractivity contribution is 5.79. The molecular weight excluding hydrogens is 985 g/mol. The number of aliphatic carboxylic acids is 1. The van der Waals surface area contributed by atoms with Crippen LogP contribution >= 0.6 is 0 Å². The molecule has 5 fully saturated rings. The number of dihydropyridines is 1. The Balaban J connectivity index is 0.976. The molecule has 80 heavy (non-hydrogen) atoms. The van der Waals surface area contributed by atoms with E-state index in [-0.39, 0.29) is 45.3 Å². The molecule has 5 N–H and O–H groups in total. The molecule has 10 aliphatic carbocycles. The Hall–Kier alpha value is -4.72. The SMILES string of the molecule is C=C1CCC(C(=O)O)C2C(O)C3CCCC24CCC2=C(CC56C=C7C(=c8ccccc8=CC7C27CCC(O)C(C)(CC=C5CC(C)C2CCC(=O)CC2)C67)Cc2cccc(c2)C2=CC=C(NCCCC1C1CCCCC1)NC2)C34C. The van der Waals surface area contributed by atoms with Crippen molar-refractivity contribution in [3.63, 3.8) is 0 Å². The predicted molar refractivity (Wildman–Crippen MR) is 320 cm³/mol. The van der Waals surface area contributed by atoms with E-state index in [0.29, 0.717) is 55.1 Å². The molecule has 6 aliphatic heterocycles. The van der Waals surface area contributed by atoms with Crippen LogP contribution in [-0.2, 0) is 16.0 Å². The lowest BCUT2D eigenvalue weighted by molar-refractivity contribution is -0.167. The number of fused-ring (bicyclic) bond motifs is 1. The third-order valence-electron chi connectivity index (χ3n) is 25.9. The van der Waals surface area contributed by atoms with Crippen LogP contribution in [0.5, 0.6) is 0 Å². The molecule has 0 radical (unpaired) electrons. The summed E-state index contributed by atoms with van der Waals surface area (Å²) in [5.74, 6) is 1.85. The Kier molecular flexibility index (Phi) is 13.3. The second kappa shape index (κ2) is 20.0. The lowest BCUT2D eigenvalue weighted by Gasteiger charge is -2.74. The minimum absolute atomic E-state index is 0.0222. The number of benzene rings is 2. The van der Waals surface area contributed by atoms with Gasteiger partial charge in [0, 0.05) is 59.4 Å². The van der Waals surface area contributed by atoms with E-state index in [2.05, 4.69) is 110 Å². The van der Waals surface area contributed by atoms with Crippen LogP contribution in [0.4, 0.5) is 0 Å². The van der Waals surface area contributed by atoms with E-state index in [1.807, 2.05) is 0 Å². The fourth-order valence-corrected chi connectivity index (χ4v) is 22.4. The standard InChI is InChI=1S/C73H92N2O5/c1-44-21-27-56(67(79)80)65-66(78)60-20-11-32-72(65)34-30-59-62(70(60,72)4)42-71-41-58-57(39-46-13-10-17-49(38-46)51-24-28-64(75-43-51)74-36-12-19-54(44)48-14-6-5-7-15-48)55-18-9-8-16-50(55)40-61(58)73(59)35-31-63(77)69(3,68(71)73)33-29-52(71)37-45(2)47-22-25-53(76)26-23-47/h8-10,13,16-18,24,28-29,38,40-41,45,47-48,54,56,60-61,63,65-66,68,74-75,77-78H,1,5-7,11-12,14-15,19-23,25-27,30-37,39,42-43H2,2-4H3,(H,79,80). The van der Waals surface area contributed by atoms with Crippen LogP contribution in [0.3, 0.4) is 0 Å². The summed E-state index contributed by atoms with van der Waals surface area (Å²) in [6.45, 7) is 14.0. The second-order valence-corrected chi connectivity index (χ2v) is 29.1. The van der Waals surface area contributed by atoms with Gasteiger partial charge in [-0.25, -0.2) is 0 Å². The van der Waals surface area contributed by atoms with Gasteiger partial charge < -0.3 is 26.0 Å². The molecule has 7 heteroatoms. The number of hydrogen-bond donors (Lipinski definition) is 5. The third-order valence-corrected chi connectivity index (χ3v) is 25.9. The van der Waals surface area contributed by atoms with Gasteiger partial charge in [-0.15, -0.1) is 0 Å². The van der Waals surface area contributed by atoms with E-state index in [1.54, 1.807) is 16.7 Å². The summed E-state index contributed by atoms with van der Waals surface area (Å²) in [7, 11) is 0. The van der Waals surface area contributed by atoms with Crippen LogP contribution in [-0.4, -0.2) is 52.4 Å². The summed E-state index contributed by atoms with van der Waals surface area (Å²) in [5, 5.41) is 48.2. The highest BCUT2D eigenvalue weighted by Crippen LogP contribution is 2.83. The number of ketones is 1. The zero-order valence-corrected chi connectivity index (χ0v) is 48.6. The van der Waals surface area contributed by atoms with Gasteiger partial charge in [0.25, 0.3) is 0 Å². The summed E-state index contributed by atoms with van der Waals surface area (Å²) in [6, 6.07) is 18.6. The quantitative estimate of drug-likeness (QED) is 0.189. The number of allylic oxidation sites excluding steroid dienone is 9. The second-order valence-electron chi connectivity index (χ2n) is 29.1. The van der Waals surface area contributed by atoms with Gasteiger partial charge in [0.05, 0.1) is 23.9 Å². The predicted octanol–water partition coefficient (Wildman–Crippen LogP) is 13.0.